The number of aromatic nitrogens is 4. The maximum atomic E-state index is 6.16. The lowest BCUT2D eigenvalue weighted by atomic mass is 10.1. The average molecular weight is 409 g/mol. The molecular weight excluding hydrogens is 398 g/mol. The molecule has 0 atom stereocenters. The first-order valence-electron chi connectivity index (χ1n) is 6.17. The van der Waals surface area contributed by atoms with Gasteiger partial charge in [0.2, 0.25) is 0 Å². The van der Waals surface area contributed by atoms with Crippen LogP contribution in [0.2, 0.25) is 0 Å². The van der Waals surface area contributed by atoms with Crippen LogP contribution in [-0.2, 0) is 0 Å². The molecule has 2 N–H and O–H groups in total. The number of anilines is 1. The van der Waals surface area contributed by atoms with E-state index in [0.717, 1.165) is 25.8 Å². The van der Waals surface area contributed by atoms with E-state index >= 15 is 0 Å². The van der Waals surface area contributed by atoms with E-state index in [9.17, 15) is 0 Å². The molecule has 0 saturated carbocycles. The third kappa shape index (κ3) is 2.58. The molecule has 0 radical (unpaired) electrons. The number of hydrogen-bond donors (Lipinski definition) is 1. The number of rotatable bonds is 2. The Balaban J connectivity index is 2.22. The van der Waals surface area contributed by atoms with E-state index in [-0.39, 0.29) is 0 Å². The van der Waals surface area contributed by atoms with Crippen molar-refractivity contribution in [2.45, 2.75) is 6.92 Å². The van der Waals surface area contributed by atoms with Crippen molar-refractivity contribution in [3.05, 3.63) is 50.9 Å². The van der Waals surface area contributed by atoms with Gasteiger partial charge >= 0.3 is 0 Å². The summed E-state index contributed by atoms with van der Waals surface area (Å²) in [4.78, 5) is 0. The zero-order valence-corrected chi connectivity index (χ0v) is 14.3. The van der Waals surface area contributed by atoms with Gasteiger partial charge in [0, 0.05) is 20.2 Å². The summed E-state index contributed by atoms with van der Waals surface area (Å²) in [7, 11) is 0. The largest absolute Gasteiger partial charge is 0.398 e. The molecule has 3 aromatic rings. The minimum absolute atomic E-state index is 0.606. The van der Waals surface area contributed by atoms with Gasteiger partial charge < -0.3 is 5.73 Å². The number of nitrogens with two attached hydrogens (primary N) is 1. The number of halogens is 2. The number of tetrazole rings is 1. The molecule has 0 aliphatic rings. The Morgan fingerprint density at radius 2 is 1.95 bits per heavy atom. The molecule has 0 amide bonds. The minimum atomic E-state index is 0.606. The fourth-order valence-corrected chi connectivity index (χ4v) is 2.80. The van der Waals surface area contributed by atoms with Gasteiger partial charge in [0.1, 0.15) is 0 Å². The minimum Gasteiger partial charge on any atom is -0.398 e. The number of nitrogens with zero attached hydrogens (tertiary/aromatic N) is 4. The molecule has 0 aliphatic heterocycles. The second-order valence-corrected chi connectivity index (χ2v) is 6.32. The Morgan fingerprint density at radius 1 is 1.14 bits per heavy atom. The predicted octanol–water partition coefficient (Wildman–Crippen LogP) is 3.74. The van der Waals surface area contributed by atoms with Gasteiger partial charge in [-0.05, 0) is 63.1 Å². The Morgan fingerprint density at radius 3 is 2.76 bits per heavy atom. The fourth-order valence-electron chi connectivity index (χ4n) is 2.04. The SMILES string of the molecule is Cc1cccc(-c2nnnn2-c2cc(Br)ccc2Br)c1N. The molecule has 5 nitrogen and oxygen atoms in total. The van der Waals surface area contributed by atoms with Crippen molar-refractivity contribution in [1.29, 1.82) is 0 Å². The van der Waals surface area contributed by atoms with E-state index in [0.29, 0.717) is 11.5 Å². The molecule has 0 aliphatic carbocycles. The van der Waals surface area contributed by atoms with Crippen molar-refractivity contribution in [2.24, 2.45) is 0 Å². The lowest BCUT2D eigenvalue weighted by Gasteiger charge is -2.10. The highest BCUT2D eigenvalue weighted by Gasteiger charge is 2.16. The van der Waals surface area contributed by atoms with Crippen molar-refractivity contribution < 1.29 is 0 Å². The standard InChI is InChI=1S/C14H11Br2N5/c1-8-3-2-4-10(13(8)17)14-18-19-20-21(14)12-7-9(15)5-6-11(12)16/h2-7H,17H2,1H3. The normalized spacial score (nSPS) is 10.8. The van der Waals surface area contributed by atoms with Gasteiger partial charge in [-0.3, -0.25) is 0 Å². The first-order valence-corrected chi connectivity index (χ1v) is 7.76. The second-order valence-electron chi connectivity index (χ2n) is 4.55. The van der Waals surface area contributed by atoms with Crippen LogP contribution in [0.15, 0.2) is 45.3 Å². The van der Waals surface area contributed by atoms with E-state index < -0.39 is 0 Å². The molecule has 0 bridgehead atoms. The molecule has 1 heterocycles. The Bertz CT molecular complexity index is 796. The van der Waals surface area contributed by atoms with Crippen LogP contribution < -0.4 is 5.73 Å². The maximum Gasteiger partial charge on any atom is 0.189 e. The smallest absolute Gasteiger partial charge is 0.189 e. The van der Waals surface area contributed by atoms with Gasteiger partial charge in [-0.15, -0.1) is 5.10 Å². The van der Waals surface area contributed by atoms with Crippen molar-refractivity contribution in [1.82, 2.24) is 20.2 Å². The van der Waals surface area contributed by atoms with Crippen molar-refractivity contribution in [3.63, 3.8) is 0 Å². The van der Waals surface area contributed by atoms with Crippen LogP contribution in [0.25, 0.3) is 17.1 Å². The zero-order chi connectivity index (χ0) is 15.0. The van der Waals surface area contributed by atoms with E-state index in [1.807, 2.05) is 43.3 Å². The summed E-state index contributed by atoms with van der Waals surface area (Å²) in [5.41, 5.74) is 9.48. The van der Waals surface area contributed by atoms with E-state index in [1.165, 1.54) is 0 Å². The predicted molar refractivity (Wildman–Crippen MR) is 89.1 cm³/mol. The summed E-state index contributed by atoms with van der Waals surface area (Å²) < 4.78 is 3.50. The van der Waals surface area contributed by atoms with Crippen LogP contribution in [0.4, 0.5) is 5.69 Å². The van der Waals surface area contributed by atoms with Gasteiger partial charge in [0.15, 0.2) is 5.82 Å². The fraction of sp³-hybridized carbons (Fsp3) is 0.0714. The first kappa shape index (κ1) is 14.2. The van der Waals surface area contributed by atoms with Crippen LogP contribution in [0, 0.1) is 6.92 Å². The van der Waals surface area contributed by atoms with E-state index in [4.69, 9.17) is 5.73 Å². The molecule has 0 spiro atoms. The first-order chi connectivity index (χ1) is 10.1. The lowest BCUT2D eigenvalue weighted by molar-refractivity contribution is 0.788. The molecule has 3 rings (SSSR count). The summed E-state index contributed by atoms with van der Waals surface area (Å²) in [6.07, 6.45) is 0. The Labute approximate surface area is 138 Å². The van der Waals surface area contributed by atoms with Crippen molar-refractivity contribution >= 4 is 37.5 Å². The quantitative estimate of drug-likeness (QED) is 0.655. The number of benzene rings is 2. The lowest BCUT2D eigenvalue weighted by Crippen LogP contribution is -2.03. The summed E-state index contributed by atoms with van der Waals surface area (Å²) in [5.74, 6) is 0.606. The number of aryl methyl sites for hydroxylation is 1. The van der Waals surface area contributed by atoms with Crippen LogP contribution in [0.1, 0.15) is 5.56 Å². The van der Waals surface area contributed by atoms with E-state index in [2.05, 4.69) is 47.4 Å². The molecular formula is C14H11Br2N5. The van der Waals surface area contributed by atoms with Crippen molar-refractivity contribution in [2.75, 3.05) is 5.73 Å². The molecule has 21 heavy (non-hydrogen) atoms. The van der Waals surface area contributed by atoms with Gasteiger partial charge in [0.05, 0.1) is 5.69 Å². The summed E-state index contributed by atoms with van der Waals surface area (Å²) in [6.45, 7) is 1.96. The van der Waals surface area contributed by atoms with Gasteiger partial charge in [-0.2, -0.15) is 4.68 Å². The number of nitrogen functional groups attached to an aromatic ring is 1. The molecule has 2 aromatic carbocycles. The molecule has 0 saturated heterocycles. The third-order valence-corrected chi connectivity index (χ3v) is 4.33. The van der Waals surface area contributed by atoms with Gasteiger partial charge in [-0.1, -0.05) is 28.1 Å². The highest BCUT2D eigenvalue weighted by Crippen LogP contribution is 2.31. The van der Waals surface area contributed by atoms with E-state index in [1.54, 1.807) is 4.68 Å². The highest BCUT2D eigenvalue weighted by atomic mass is 79.9. The topological polar surface area (TPSA) is 69.6 Å². The summed E-state index contributed by atoms with van der Waals surface area (Å²) in [5, 5.41) is 12.0. The van der Waals surface area contributed by atoms with Crippen molar-refractivity contribution in [3.8, 4) is 17.1 Å². The molecule has 7 heteroatoms. The summed E-state index contributed by atoms with van der Waals surface area (Å²) in [6, 6.07) is 11.6. The van der Waals surface area contributed by atoms with Crippen LogP contribution >= 0.6 is 31.9 Å². The van der Waals surface area contributed by atoms with Gasteiger partial charge in [-0.25, -0.2) is 0 Å². The second kappa shape index (κ2) is 5.57. The zero-order valence-electron chi connectivity index (χ0n) is 11.1. The maximum absolute atomic E-state index is 6.16. The average Bonchev–Trinajstić information content (AvgIpc) is 2.93. The number of hydrogen-bond acceptors (Lipinski definition) is 4. The Hall–Kier alpha value is -1.73. The molecule has 0 unspecified atom stereocenters. The van der Waals surface area contributed by atoms with Gasteiger partial charge in [0.25, 0.3) is 0 Å². The van der Waals surface area contributed by atoms with Crippen LogP contribution in [0.5, 0.6) is 0 Å². The molecule has 0 fully saturated rings. The monoisotopic (exact) mass is 407 g/mol. The molecule has 1 aromatic heterocycles. The van der Waals surface area contributed by atoms with Crippen LogP contribution in [0.3, 0.4) is 0 Å². The Kier molecular flexibility index (Phi) is 3.77. The summed E-state index contributed by atoms with van der Waals surface area (Å²) >= 11 is 6.98. The third-order valence-electron chi connectivity index (χ3n) is 3.17. The molecule has 106 valence electrons. The van der Waals surface area contributed by atoms with Crippen LogP contribution in [-0.4, -0.2) is 20.2 Å². The number of para-hydroxylation sites is 1. The highest BCUT2D eigenvalue weighted by molar-refractivity contribution is 9.11.